The lowest BCUT2D eigenvalue weighted by atomic mass is 10.3. The number of carbonyl (C=O) groups is 1. The van der Waals surface area contributed by atoms with Crippen molar-refractivity contribution >= 4 is 5.91 Å². The minimum atomic E-state index is 0.0831. The van der Waals surface area contributed by atoms with Crippen LogP contribution in [0.5, 0.6) is 0 Å². The van der Waals surface area contributed by atoms with Gasteiger partial charge in [-0.1, -0.05) is 6.08 Å². The Morgan fingerprint density at radius 2 is 2.36 bits per heavy atom. The number of hydrogen-bond donors (Lipinski definition) is 1. The van der Waals surface area contributed by atoms with Crippen LogP contribution in [-0.4, -0.2) is 55.5 Å². The smallest absolute Gasteiger partial charge is 0.246 e. The molecule has 0 aromatic heterocycles. The number of nitrogens with two attached hydrogens (primary N) is 1. The van der Waals surface area contributed by atoms with Gasteiger partial charge in [-0.2, -0.15) is 0 Å². The molecule has 1 rings (SSSR count). The molecular weight excluding hydrogens is 178 g/mol. The Morgan fingerprint density at radius 1 is 1.64 bits per heavy atom. The normalized spacial score (nSPS) is 22.6. The molecule has 1 saturated heterocycles. The molecule has 0 aliphatic carbocycles. The van der Waals surface area contributed by atoms with Crippen molar-refractivity contribution in [1.82, 2.24) is 9.80 Å². The summed E-state index contributed by atoms with van der Waals surface area (Å²) in [5.74, 6) is 0.0831. The molecule has 1 unspecified atom stereocenters. The zero-order valence-corrected chi connectivity index (χ0v) is 8.94. The standard InChI is InChI=1S/C10H19N3O/c1-12(2)6-3-4-10(14)13-7-5-9(11)8-13/h3-4,9H,5-8,11H2,1-2H3/b4-3+. The van der Waals surface area contributed by atoms with Crippen molar-refractivity contribution in [3.05, 3.63) is 12.2 Å². The van der Waals surface area contributed by atoms with Gasteiger partial charge in [-0.05, 0) is 20.5 Å². The van der Waals surface area contributed by atoms with Crippen LogP contribution in [0.15, 0.2) is 12.2 Å². The Morgan fingerprint density at radius 3 is 2.86 bits per heavy atom. The van der Waals surface area contributed by atoms with Crippen LogP contribution in [0.3, 0.4) is 0 Å². The molecule has 0 spiro atoms. The zero-order valence-electron chi connectivity index (χ0n) is 8.94. The average Bonchev–Trinajstić information content (AvgIpc) is 2.51. The lowest BCUT2D eigenvalue weighted by Crippen LogP contribution is -2.30. The summed E-state index contributed by atoms with van der Waals surface area (Å²) in [5.41, 5.74) is 5.71. The summed E-state index contributed by atoms with van der Waals surface area (Å²) in [7, 11) is 3.95. The first-order valence-corrected chi connectivity index (χ1v) is 4.95. The van der Waals surface area contributed by atoms with E-state index in [1.165, 1.54) is 0 Å². The summed E-state index contributed by atoms with van der Waals surface area (Å²) >= 11 is 0. The van der Waals surface area contributed by atoms with Gasteiger partial charge in [-0.3, -0.25) is 4.79 Å². The lowest BCUT2D eigenvalue weighted by Gasteiger charge is -2.13. The minimum Gasteiger partial charge on any atom is -0.338 e. The molecule has 0 aromatic carbocycles. The fourth-order valence-electron chi connectivity index (χ4n) is 1.46. The molecule has 0 aromatic rings. The van der Waals surface area contributed by atoms with E-state index in [2.05, 4.69) is 0 Å². The van der Waals surface area contributed by atoms with Crippen molar-refractivity contribution in [2.24, 2.45) is 5.73 Å². The first-order valence-electron chi connectivity index (χ1n) is 4.95. The molecule has 0 bridgehead atoms. The SMILES string of the molecule is CN(C)C/C=C/C(=O)N1CCC(N)C1. The highest BCUT2D eigenvalue weighted by atomic mass is 16.2. The largest absolute Gasteiger partial charge is 0.338 e. The summed E-state index contributed by atoms with van der Waals surface area (Å²) in [6, 6.07) is 0.168. The molecule has 1 atom stereocenters. The third-order valence-corrected chi connectivity index (χ3v) is 2.27. The highest BCUT2D eigenvalue weighted by molar-refractivity contribution is 5.87. The Hall–Kier alpha value is -0.870. The highest BCUT2D eigenvalue weighted by Crippen LogP contribution is 2.07. The average molecular weight is 197 g/mol. The fraction of sp³-hybridized carbons (Fsp3) is 0.700. The second kappa shape index (κ2) is 5.12. The van der Waals surface area contributed by atoms with Crippen LogP contribution in [0.4, 0.5) is 0 Å². The quantitative estimate of drug-likeness (QED) is 0.630. The summed E-state index contributed by atoms with van der Waals surface area (Å²) in [4.78, 5) is 15.4. The predicted molar refractivity (Wildman–Crippen MR) is 56.9 cm³/mol. The van der Waals surface area contributed by atoms with Gasteiger partial charge in [0, 0.05) is 31.8 Å². The van der Waals surface area contributed by atoms with Gasteiger partial charge >= 0.3 is 0 Å². The van der Waals surface area contributed by atoms with Crippen LogP contribution in [-0.2, 0) is 4.79 Å². The monoisotopic (exact) mass is 197 g/mol. The van der Waals surface area contributed by atoms with Crippen LogP contribution < -0.4 is 5.73 Å². The number of rotatable bonds is 3. The maximum Gasteiger partial charge on any atom is 0.246 e. The molecule has 0 saturated carbocycles. The summed E-state index contributed by atoms with van der Waals surface area (Å²) in [6.07, 6.45) is 4.44. The van der Waals surface area contributed by atoms with Crippen LogP contribution in [0.1, 0.15) is 6.42 Å². The van der Waals surface area contributed by atoms with E-state index >= 15 is 0 Å². The van der Waals surface area contributed by atoms with Crippen LogP contribution in [0.2, 0.25) is 0 Å². The Balaban J connectivity index is 2.31. The van der Waals surface area contributed by atoms with Crippen molar-refractivity contribution < 1.29 is 4.79 Å². The fourth-order valence-corrected chi connectivity index (χ4v) is 1.46. The van der Waals surface area contributed by atoms with E-state index in [1.807, 2.05) is 25.1 Å². The molecule has 1 aliphatic heterocycles. The van der Waals surface area contributed by atoms with Crippen LogP contribution >= 0.6 is 0 Å². The first kappa shape index (κ1) is 11.2. The molecule has 4 heteroatoms. The third-order valence-electron chi connectivity index (χ3n) is 2.27. The molecular formula is C10H19N3O. The van der Waals surface area contributed by atoms with E-state index in [1.54, 1.807) is 11.0 Å². The van der Waals surface area contributed by atoms with Crippen LogP contribution in [0, 0.1) is 0 Å². The predicted octanol–water partition coefficient (Wildman–Crippen LogP) is -0.336. The Labute approximate surface area is 85.3 Å². The van der Waals surface area contributed by atoms with Gasteiger partial charge in [0.2, 0.25) is 5.91 Å². The van der Waals surface area contributed by atoms with Gasteiger partial charge < -0.3 is 15.5 Å². The van der Waals surface area contributed by atoms with Crippen molar-refractivity contribution in [2.45, 2.75) is 12.5 Å². The van der Waals surface area contributed by atoms with Crippen molar-refractivity contribution in [1.29, 1.82) is 0 Å². The first-order chi connectivity index (χ1) is 6.59. The van der Waals surface area contributed by atoms with Gasteiger partial charge in [0.1, 0.15) is 0 Å². The molecule has 80 valence electrons. The van der Waals surface area contributed by atoms with Crippen LogP contribution in [0.25, 0.3) is 0 Å². The maximum atomic E-state index is 11.5. The summed E-state index contributed by atoms with van der Waals surface area (Å²) < 4.78 is 0. The van der Waals surface area contributed by atoms with E-state index < -0.39 is 0 Å². The maximum absolute atomic E-state index is 11.5. The third kappa shape index (κ3) is 3.47. The molecule has 1 aliphatic rings. The van der Waals surface area contributed by atoms with Gasteiger partial charge in [0.25, 0.3) is 0 Å². The Kier molecular flexibility index (Phi) is 4.10. The zero-order chi connectivity index (χ0) is 10.6. The number of likely N-dealkylation sites (N-methyl/N-ethyl adjacent to an activating group) is 1. The molecule has 2 N–H and O–H groups in total. The molecule has 14 heavy (non-hydrogen) atoms. The van der Waals surface area contributed by atoms with Gasteiger partial charge in [-0.25, -0.2) is 0 Å². The molecule has 1 amide bonds. The number of nitrogens with zero attached hydrogens (tertiary/aromatic N) is 2. The minimum absolute atomic E-state index is 0.0831. The van der Waals surface area contributed by atoms with Crippen molar-refractivity contribution in [3.63, 3.8) is 0 Å². The summed E-state index contributed by atoms with van der Waals surface area (Å²) in [6.45, 7) is 2.29. The molecule has 1 heterocycles. The summed E-state index contributed by atoms with van der Waals surface area (Å²) in [5, 5.41) is 0. The molecule has 4 nitrogen and oxygen atoms in total. The van der Waals surface area contributed by atoms with E-state index in [0.29, 0.717) is 6.54 Å². The van der Waals surface area contributed by atoms with E-state index in [9.17, 15) is 4.79 Å². The number of amides is 1. The topological polar surface area (TPSA) is 49.6 Å². The number of hydrogen-bond acceptors (Lipinski definition) is 3. The second-order valence-corrected chi connectivity index (χ2v) is 4.00. The lowest BCUT2D eigenvalue weighted by molar-refractivity contribution is -0.125. The molecule has 0 radical (unpaired) electrons. The van der Waals surface area contributed by atoms with E-state index in [-0.39, 0.29) is 11.9 Å². The molecule has 1 fully saturated rings. The van der Waals surface area contributed by atoms with Gasteiger partial charge in [0.05, 0.1) is 0 Å². The number of likely N-dealkylation sites (tertiary alicyclic amines) is 1. The van der Waals surface area contributed by atoms with E-state index in [4.69, 9.17) is 5.73 Å². The van der Waals surface area contributed by atoms with E-state index in [0.717, 1.165) is 19.5 Å². The van der Waals surface area contributed by atoms with Crippen molar-refractivity contribution in [2.75, 3.05) is 33.7 Å². The highest BCUT2D eigenvalue weighted by Gasteiger charge is 2.21. The number of carbonyl (C=O) groups excluding carboxylic acids is 1. The Bertz CT molecular complexity index is 225. The van der Waals surface area contributed by atoms with Crippen molar-refractivity contribution in [3.8, 4) is 0 Å². The van der Waals surface area contributed by atoms with Gasteiger partial charge in [0.15, 0.2) is 0 Å². The van der Waals surface area contributed by atoms with Gasteiger partial charge in [-0.15, -0.1) is 0 Å². The second-order valence-electron chi connectivity index (χ2n) is 4.00.